The molecule has 0 bridgehead atoms. The molecule has 1 unspecified atom stereocenters. The molecule has 2 fully saturated rings. The van der Waals surface area contributed by atoms with E-state index < -0.39 is 0 Å². The maximum absolute atomic E-state index is 5.80. The fourth-order valence-corrected chi connectivity index (χ4v) is 3.01. The zero-order chi connectivity index (χ0) is 11.9. The molecule has 0 amide bonds. The summed E-state index contributed by atoms with van der Waals surface area (Å²) in [6, 6.07) is 0.864. The molecule has 0 aromatic heterocycles. The first-order valence-corrected chi connectivity index (χ1v) is 7.85. The third-order valence-corrected chi connectivity index (χ3v) is 4.43. The van der Waals surface area contributed by atoms with E-state index in [0.29, 0.717) is 6.10 Å². The first-order valence-electron chi connectivity index (χ1n) is 7.32. The molecule has 1 saturated carbocycles. The van der Waals surface area contributed by atoms with E-state index in [-0.39, 0.29) is 0 Å². The fourth-order valence-electron chi connectivity index (χ4n) is 2.89. The van der Waals surface area contributed by atoms with E-state index in [4.69, 9.17) is 16.3 Å². The number of hydrogen-bond acceptors (Lipinski definition) is 2. The first kappa shape index (κ1) is 13.6. The summed E-state index contributed by atoms with van der Waals surface area (Å²) in [5.74, 6) is 0.801. The summed E-state index contributed by atoms with van der Waals surface area (Å²) in [7, 11) is 0. The van der Waals surface area contributed by atoms with Crippen molar-refractivity contribution in [3.63, 3.8) is 0 Å². The van der Waals surface area contributed by atoms with Crippen LogP contribution in [0.15, 0.2) is 0 Å². The Morgan fingerprint density at radius 3 is 2.47 bits per heavy atom. The normalized spacial score (nSPS) is 25.4. The minimum atomic E-state index is 0.561. The highest BCUT2D eigenvalue weighted by atomic mass is 35.5. The van der Waals surface area contributed by atoms with Crippen LogP contribution in [-0.4, -0.2) is 42.6 Å². The van der Waals surface area contributed by atoms with Crippen LogP contribution in [0.2, 0.25) is 0 Å². The zero-order valence-corrected chi connectivity index (χ0v) is 11.6. The van der Waals surface area contributed by atoms with Crippen LogP contribution < -0.4 is 0 Å². The molecular formula is C14H26ClNO. The standard InChI is InChI=1S/C14H26ClNO/c15-9-4-11-16(13-5-1-6-13)10-2-7-14-8-3-12-17-14/h13-14H,1-12H2. The van der Waals surface area contributed by atoms with Gasteiger partial charge in [0.2, 0.25) is 0 Å². The number of rotatable bonds is 8. The number of nitrogens with zero attached hydrogens (tertiary/aromatic N) is 1. The molecule has 0 radical (unpaired) electrons. The lowest BCUT2D eigenvalue weighted by molar-refractivity contribution is 0.0873. The number of halogens is 1. The van der Waals surface area contributed by atoms with Gasteiger partial charge >= 0.3 is 0 Å². The molecular weight excluding hydrogens is 234 g/mol. The average molecular weight is 260 g/mol. The summed E-state index contributed by atoms with van der Waals surface area (Å²) < 4.78 is 5.68. The minimum absolute atomic E-state index is 0.561. The van der Waals surface area contributed by atoms with Gasteiger partial charge in [-0.3, -0.25) is 0 Å². The lowest BCUT2D eigenvalue weighted by Gasteiger charge is -2.37. The lowest BCUT2D eigenvalue weighted by atomic mass is 9.91. The summed E-state index contributed by atoms with van der Waals surface area (Å²) in [5, 5.41) is 0. The average Bonchev–Trinajstić information content (AvgIpc) is 2.76. The maximum atomic E-state index is 5.80. The molecule has 0 N–H and O–H groups in total. The van der Waals surface area contributed by atoms with Gasteiger partial charge in [0, 0.05) is 18.5 Å². The highest BCUT2D eigenvalue weighted by molar-refractivity contribution is 6.17. The molecule has 0 spiro atoms. The van der Waals surface area contributed by atoms with Crippen molar-refractivity contribution in [2.45, 2.75) is 63.5 Å². The Morgan fingerprint density at radius 1 is 1.06 bits per heavy atom. The lowest BCUT2D eigenvalue weighted by Crippen LogP contribution is -2.41. The minimum Gasteiger partial charge on any atom is -0.378 e. The topological polar surface area (TPSA) is 12.5 Å². The Kier molecular flexibility index (Phi) is 6.10. The van der Waals surface area contributed by atoms with Crippen molar-refractivity contribution in [1.29, 1.82) is 0 Å². The molecule has 1 atom stereocenters. The summed E-state index contributed by atoms with van der Waals surface area (Å²) in [4.78, 5) is 2.67. The van der Waals surface area contributed by atoms with E-state index in [1.165, 1.54) is 58.0 Å². The monoisotopic (exact) mass is 259 g/mol. The predicted octanol–water partition coefficient (Wildman–Crippen LogP) is 3.43. The molecule has 2 aliphatic rings. The van der Waals surface area contributed by atoms with Crippen LogP contribution in [0.5, 0.6) is 0 Å². The van der Waals surface area contributed by atoms with Gasteiger partial charge in [-0.25, -0.2) is 0 Å². The zero-order valence-electron chi connectivity index (χ0n) is 10.9. The molecule has 2 rings (SSSR count). The second-order valence-corrected chi connectivity index (χ2v) is 5.82. The second kappa shape index (κ2) is 7.60. The van der Waals surface area contributed by atoms with Crippen LogP contribution in [0.1, 0.15) is 51.4 Å². The number of alkyl halides is 1. The summed E-state index contributed by atoms with van der Waals surface area (Å²) in [6.07, 6.45) is 11.0. The molecule has 1 aliphatic heterocycles. The van der Waals surface area contributed by atoms with Crippen LogP contribution in [-0.2, 0) is 4.74 Å². The number of ether oxygens (including phenoxy) is 1. The van der Waals surface area contributed by atoms with Crippen LogP contribution in [0.25, 0.3) is 0 Å². The van der Waals surface area contributed by atoms with E-state index in [1.807, 2.05) is 0 Å². The van der Waals surface area contributed by atoms with Crippen molar-refractivity contribution >= 4 is 11.6 Å². The largest absolute Gasteiger partial charge is 0.378 e. The Labute approximate surface area is 111 Å². The Morgan fingerprint density at radius 2 is 1.88 bits per heavy atom. The third-order valence-electron chi connectivity index (χ3n) is 4.17. The van der Waals surface area contributed by atoms with E-state index >= 15 is 0 Å². The Bertz CT molecular complexity index is 202. The van der Waals surface area contributed by atoms with Crippen molar-refractivity contribution < 1.29 is 4.74 Å². The van der Waals surface area contributed by atoms with E-state index in [1.54, 1.807) is 0 Å². The van der Waals surface area contributed by atoms with Crippen molar-refractivity contribution in [2.24, 2.45) is 0 Å². The smallest absolute Gasteiger partial charge is 0.0576 e. The molecule has 1 saturated heterocycles. The molecule has 0 aromatic rings. The van der Waals surface area contributed by atoms with E-state index in [9.17, 15) is 0 Å². The van der Waals surface area contributed by atoms with Crippen LogP contribution in [0, 0.1) is 0 Å². The molecule has 1 aliphatic carbocycles. The summed E-state index contributed by atoms with van der Waals surface area (Å²) in [6.45, 7) is 3.43. The molecule has 2 nitrogen and oxygen atoms in total. The number of hydrogen-bond donors (Lipinski definition) is 0. The van der Waals surface area contributed by atoms with Gasteiger partial charge in [0.25, 0.3) is 0 Å². The molecule has 1 heterocycles. The molecule has 3 heteroatoms. The van der Waals surface area contributed by atoms with Gasteiger partial charge in [0.05, 0.1) is 6.10 Å². The fraction of sp³-hybridized carbons (Fsp3) is 1.00. The van der Waals surface area contributed by atoms with Crippen molar-refractivity contribution in [3.8, 4) is 0 Å². The highest BCUT2D eigenvalue weighted by Gasteiger charge is 2.24. The van der Waals surface area contributed by atoms with Gasteiger partial charge in [-0.1, -0.05) is 6.42 Å². The molecule has 17 heavy (non-hydrogen) atoms. The quantitative estimate of drug-likeness (QED) is 0.620. The molecule has 0 aromatic carbocycles. The van der Waals surface area contributed by atoms with E-state index in [0.717, 1.165) is 24.9 Å². The van der Waals surface area contributed by atoms with E-state index in [2.05, 4.69) is 4.90 Å². The van der Waals surface area contributed by atoms with Crippen LogP contribution in [0.4, 0.5) is 0 Å². The molecule has 100 valence electrons. The van der Waals surface area contributed by atoms with Crippen molar-refractivity contribution in [2.75, 3.05) is 25.6 Å². The van der Waals surface area contributed by atoms with Gasteiger partial charge in [0.15, 0.2) is 0 Å². The SMILES string of the molecule is ClCCCN(CCCC1CCCO1)C1CCC1. The van der Waals surface area contributed by atoms with Gasteiger partial charge in [-0.05, 0) is 58.0 Å². The Hall–Kier alpha value is 0.210. The predicted molar refractivity (Wildman–Crippen MR) is 72.8 cm³/mol. The van der Waals surface area contributed by atoms with Gasteiger partial charge in [-0.15, -0.1) is 11.6 Å². The summed E-state index contributed by atoms with van der Waals surface area (Å²) >= 11 is 5.80. The highest BCUT2D eigenvalue weighted by Crippen LogP contribution is 2.26. The Balaban J connectivity index is 1.61. The second-order valence-electron chi connectivity index (χ2n) is 5.44. The van der Waals surface area contributed by atoms with Crippen molar-refractivity contribution in [3.05, 3.63) is 0 Å². The first-order chi connectivity index (χ1) is 8.40. The summed E-state index contributed by atoms with van der Waals surface area (Å²) in [5.41, 5.74) is 0. The maximum Gasteiger partial charge on any atom is 0.0576 e. The van der Waals surface area contributed by atoms with Crippen LogP contribution >= 0.6 is 11.6 Å². The third kappa shape index (κ3) is 4.42. The van der Waals surface area contributed by atoms with Crippen LogP contribution in [0.3, 0.4) is 0 Å². The van der Waals surface area contributed by atoms with Gasteiger partial charge in [0.1, 0.15) is 0 Å². The van der Waals surface area contributed by atoms with Crippen molar-refractivity contribution in [1.82, 2.24) is 4.90 Å². The van der Waals surface area contributed by atoms with Gasteiger partial charge < -0.3 is 9.64 Å². The van der Waals surface area contributed by atoms with Gasteiger partial charge in [-0.2, -0.15) is 0 Å².